The SMILES string of the molecule is CC1CCN(C2CCN(c3ccccc3Cl)C2=O)CC1O. The minimum atomic E-state index is -0.332. The number of likely N-dealkylation sites (tertiary alicyclic amines) is 1. The van der Waals surface area contributed by atoms with E-state index in [1.54, 1.807) is 4.90 Å². The molecule has 0 radical (unpaired) electrons. The van der Waals surface area contributed by atoms with Gasteiger partial charge in [0.25, 0.3) is 0 Å². The van der Waals surface area contributed by atoms with Crippen LogP contribution < -0.4 is 4.90 Å². The van der Waals surface area contributed by atoms with Gasteiger partial charge in [-0.1, -0.05) is 30.7 Å². The van der Waals surface area contributed by atoms with Crippen molar-refractivity contribution in [2.45, 2.75) is 31.9 Å². The van der Waals surface area contributed by atoms with Crippen molar-refractivity contribution < 1.29 is 9.90 Å². The van der Waals surface area contributed by atoms with E-state index in [0.717, 1.165) is 25.1 Å². The highest BCUT2D eigenvalue weighted by atomic mass is 35.5. The molecule has 2 fully saturated rings. The van der Waals surface area contributed by atoms with E-state index < -0.39 is 0 Å². The molecule has 114 valence electrons. The number of piperidine rings is 1. The summed E-state index contributed by atoms with van der Waals surface area (Å²) < 4.78 is 0. The molecule has 2 aliphatic heterocycles. The monoisotopic (exact) mass is 308 g/mol. The van der Waals surface area contributed by atoms with Gasteiger partial charge in [-0.2, -0.15) is 0 Å². The van der Waals surface area contributed by atoms with Gasteiger partial charge in [0.1, 0.15) is 0 Å². The number of carbonyl (C=O) groups is 1. The highest BCUT2D eigenvalue weighted by Crippen LogP contribution is 2.31. The van der Waals surface area contributed by atoms with Gasteiger partial charge in [0.15, 0.2) is 0 Å². The predicted molar refractivity (Wildman–Crippen MR) is 83.6 cm³/mol. The van der Waals surface area contributed by atoms with E-state index >= 15 is 0 Å². The first-order valence-electron chi connectivity index (χ1n) is 7.56. The van der Waals surface area contributed by atoms with Gasteiger partial charge in [-0.3, -0.25) is 9.69 Å². The number of hydrogen-bond donors (Lipinski definition) is 1. The Kier molecular flexibility index (Phi) is 4.20. The Morgan fingerprint density at radius 2 is 2.00 bits per heavy atom. The standard InChI is InChI=1S/C16H21ClN2O2/c1-11-6-8-18(10-15(11)20)14-7-9-19(16(14)21)13-5-3-2-4-12(13)17/h2-5,11,14-15,20H,6-10H2,1H3. The summed E-state index contributed by atoms with van der Waals surface area (Å²) in [5.41, 5.74) is 0.789. The van der Waals surface area contributed by atoms with Gasteiger partial charge in [-0.15, -0.1) is 0 Å². The molecular weight excluding hydrogens is 288 g/mol. The van der Waals surface area contributed by atoms with E-state index in [0.29, 0.717) is 24.0 Å². The Morgan fingerprint density at radius 3 is 2.71 bits per heavy atom. The number of β-amino-alcohol motifs (C(OH)–C–C–N with tert-alkyl or cyclic N) is 1. The second-order valence-corrected chi connectivity index (χ2v) is 6.48. The molecule has 1 N–H and O–H groups in total. The highest BCUT2D eigenvalue weighted by Gasteiger charge is 2.39. The third-order valence-electron chi connectivity index (χ3n) is 4.71. The van der Waals surface area contributed by atoms with Gasteiger partial charge in [-0.05, 0) is 37.4 Å². The third-order valence-corrected chi connectivity index (χ3v) is 5.03. The van der Waals surface area contributed by atoms with Crippen molar-refractivity contribution >= 4 is 23.2 Å². The average Bonchev–Trinajstić information content (AvgIpc) is 2.84. The van der Waals surface area contributed by atoms with E-state index in [2.05, 4.69) is 11.8 Å². The molecular formula is C16H21ClN2O2. The summed E-state index contributed by atoms with van der Waals surface area (Å²) >= 11 is 6.20. The van der Waals surface area contributed by atoms with Crippen molar-refractivity contribution in [3.05, 3.63) is 29.3 Å². The molecule has 21 heavy (non-hydrogen) atoms. The van der Waals surface area contributed by atoms with E-state index in [1.165, 1.54) is 0 Å². The minimum absolute atomic E-state index is 0.102. The molecule has 3 atom stereocenters. The van der Waals surface area contributed by atoms with E-state index in [4.69, 9.17) is 11.6 Å². The molecule has 0 aromatic heterocycles. The smallest absolute Gasteiger partial charge is 0.244 e. The molecule has 5 heteroatoms. The average molecular weight is 309 g/mol. The second-order valence-electron chi connectivity index (χ2n) is 6.07. The number of anilines is 1. The highest BCUT2D eigenvalue weighted by molar-refractivity contribution is 6.33. The van der Waals surface area contributed by atoms with Gasteiger partial charge in [0.05, 0.1) is 22.9 Å². The maximum absolute atomic E-state index is 12.7. The summed E-state index contributed by atoms with van der Waals surface area (Å²) in [7, 11) is 0. The van der Waals surface area contributed by atoms with Crippen LogP contribution >= 0.6 is 11.6 Å². The number of benzene rings is 1. The van der Waals surface area contributed by atoms with Crippen molar-refractivity contribution in [2.75, 3.05) is 24.5 Å². The van der Waals surface area contributed by atoms with Gasteiger partial charge < -0.3 is 10.0 Å². The van der Waals surface area contributed by atoms with Gasteiger partial charge in [-0.25, -0.2) is 0 Å². The van der Waals surface area contributed by atoms with Gasteiger partial charge >= 0.3 is 0 Å². The Balaban J connectivity index is 1.74. The fourth-order valence-corrected chi connectivity index (χ4v) is 3.51. The van der Waals surface area contributed by atoms with Gasteiger partial charge in [0.2, 0.25) is 5.91 Å². The lowest BCUT2D eigenvalue weighted by Crippen LogP contribution is -2.50. The Morgan fingerprint density at radius 1 is 1.24 bits per heavy atom. The van der Waals surface area contributed by atoms with Gasteiger partial charge in [0, 0.05) is 13.1 Å². The molecule has 2 heterocycles. The molecule has 0 aliphatic carbocycles. The van der Waals surface area contributed by atoms with Crippen LogP contribution in [0.25, 0.3) is 0 Å². The van der Waals surface area contributed by atoms with Crippen LogP contribution in [0.1, 0.15) is 19.8 Å². The Labute approximate surface area is 130 Å². The largest absolute Gasteiger partial charge is 0.392 e. The molecule has 4 nitrogen and oxygen atoms in total. The van der Waals surface area contributed by atoms with E-state index in [1.807, 2.05) is 24.3 Å². The van der Waals surface area contributed by atoms with Crippen molar-refractivity contribution in [3.63, 3.8) is 0 Å². The third kappa shape index (κ3) is 2.80. The number of carbonyl (C=O) groups excluding carboxylic acids is 1. The summed E-state index contributed by atoms with van der Waals surface area (Å²) in [5.74, 6) is 0.419. The summed E-state index contributed by atoms with van der Waals surface area (Å²) in [6, 6.07) is 7.34. The predicted octanol–water partition coefficient (Wildman–Crippen LogP) is 2.15. The van der Waals surface area contributed by atoms with Crippen LogP contribution in [0.4, 0.5) is 5.69 Å². The minimum Gasteiger partial charge on any atom is -0.392 e. The van der Waals surface area contributed by atoms with Crippen LogP contribution in [-0.2, 0) is 4.79 Å². The van der Waals surface area contributed by atoms with E-state index in [-0.39, 0.29) is 18.1 Å². The molecule has 2 aliphatic rings. The van der Waals surface area contributed by atoms with Crippen LogP contribution in [-0.4, -0.2) is 47.7 Å². The van der Waals surface area contributed by atoms with Crippen molar-refractivity contribution in [1.82, 2.24) is 4.90 Å². The zero-order valence-electron chi connectivity index (χ0n) is 12.2. The molecule has 0 spiro atoms. The number of nitrogens with zero attached hydrogens (tertiary/aromatic N) is 2. The zero-order valence-corrected chi connectivity index (χ0v) is 13.0. The maximum Gasteiger partial charge on any atom is 0.244 e. The molecule has 0 saturated carbocycles. The van der Waals surface area contributed by atoms with Crippen LogP contribution in [0.2, 0.25) is 5.02 Å². The van der Waals surface area contributed by atoms with Crippen molar-refractivity contribution in [2.24, 2.45) is 5.92 Å². The molecule has 2 saturated heterocycles. The lowest BCUT2D eigenvalue weighted by atomic mass is 9.94. The number of halogens is 1. The number of rotatable bonds is 2. The maximum atomic E-state index is 12.7. The van der Waals surface area contributed by atoms with Crippen LogP contribution in [0.3, 0.4) is 0 Å². The van der Waals surface area contributed by atoms with Crippen LogP contribution in [0.5, 0.6) is 0 Å². The summed E-state index contributed by atoms with van der Waals surface area (Å²) in [6.45, 7) is 4.23. The quantitative estimate of drug-likeness (QED) is 0.910. The van der Waals surface area contributed by atoms with Crippen molar-refractivity contribution in [3.8, 4) is 0 Å². The molecule has 0 bridgehead atoms. The normalized spacial score (nSPS) is 30.9. The number of para-hydroxylation sites is 1. The number of amides is 1. The Bertz CT molecular complexity index is 537. The van der Waals surface area contributed by atoms with Crippen LogP contribution in [0, 0.1) is 5.92 Å². The molecule has 3 unspecified atom stereocenters. The van der Waals surface area contributed by atoms with E-state index in [9.17, 15) is 9.90 Å². The number of aliphatic hydroxyl groups is 1. The van der Waals surface area contributed by atoms with Crippen molar-refractivity contribution in [1.29, 1.82) is 0 Å². The summed E-state index contributed by atoms with van der Waals surface area (Å²) in [5, 5.41) is 10.6. The lowest BCUT2D eigenvalue weighted by Gasteiger charge is -2.37. The molecule has 3 rings (SSSR count). The first-order chi connectivity index (χ1) is 10.1. The summed E-state index contributed by atoms with van der Waals surface area (Å²) in [6.07, 6.45) is 1.41. The lowest BCUT2D eigenvalue weighted by molar-refractivity contribution is -0.123. The van der Waals surface area contributed by atoms with Crippen LogP contribution in [0.15, 0.2) is 24.3 Å². The summed E-state index contributed by atoms with van der Waals surface area (Å²) in [4.78, 5) is 16.6. The fraction of sp³-hybridized carbons (Fsp3) is 0.562. The Hall–Kier alpha value is -1.10. The zero-order chi connectivity index (χ0) is 15.0. The first-order valence-corrected chi connectivity index (χ1v) is 7.93. The number of aliphatic hydroxyl groups excluding tert-OH is 1. The fourth-order valence-electron chi connectivity index (χ4n) is 3.27. The topological polar surface area (TPSA) is 43.8 Å². The second kappa shape index (κ2) is 5.95. The first kappa shape index (κ1) is 14.8. The number of hydrogen-bond acceptors (Lipinski definition) is 3. The molecule has 1 amide bonds. The molecule has 1 aromatic carbocycles. The molecule has 1 aromatic rings.